The summed E-state index contributed by atoms with van der Waals surface area (Å²) in [5.41, 5.74) is 4.23. The zero-order valence-corrected chi connectivity index (χ0v) is 27.1. The molecule has 214 valence electrons. The van der Waals surface area contributed by atoms with E-state index in [2.05, 4.69) is 55.8 Å². The van der Waals surface area contributed by atoms with E-state index in [0.29, 0.717) is 35.7 Å². The Balaban J connectivity index is 1.46. The number of benzene rings is 4. The summed E-state index contributed by atoms with van der Waals surface area (Å²) in [6.45, 7) is 0.734. The Labute approximate surface area is 273 Å². The molecule has 4 aromatic rings. The standard InChI is InChI=1S/C34H30I2N2O4/c35-27-15-7-9-17-29(27)37-33(39)25-19-31(41-21-23-11-3-1-4-12-23)32(42-22-24-13-5-2-6-14-24)20-26(25)34(40)38-30-18-10-8-16-28(30)36/h1-18,31-32H,19-22H2,(H,37,39)(H,38,40)/t31-,32-/m0/s1. The van der Waals surface area contributed by atoms with Gasteiger partial charge in [0.05, 0.1) is 36.8 Å². The summed E-state index contributed by atoms with van der Waals surface area (Å²) in [6, 6.07) is 34.9. The molecule has 6 nitrogen and oxygen atoms in total. The third-order valence-electron chi connectivity index (χ3n) is 7.00. The van der Waals surface area contributed by atoms with Crippen LogP contribution in [0.3, 0.4) is 0 Å². The lowest BCUT2D eigenvalue weighted by atomic mass is 9.86. The summed E-state index contributed by atoms with van der Waals surface area (Å²) < 4.78 is 14.6. The fourth-order valence-electron chi connectivity index (χ4n) is 4.78. The van der Waals surface area contributed by atoms with Crippen molar-refractivity contribution >= 4 is 68.4 Å². The maximum atomic E-state index is 13.8. The highest BCUT2D eigenvalue weighted by Gasteiger charge is 2.37. The zero-order valence-electron chi connectivity index (χ0n) is 22.8. The van der Waals surface area contributed by atoms with Crippen LogP contribution < -0.4 is 10.6 Å². The smallest absolute Gasteiger partial charge is 0.252 e. The molecule has 8 heteroatoms. The van der Waals surface area contributed by atoms with Crippen LogP contribution >= 0.6 is 45.2 Å². The van der Waals surface area contributed by atoms with Crippen LogP contribution in [0.25, 0.3) is 0 Å². The van der Waals surface area contributed by atoms with E-state index in [0.717, 1.165) is 18.3 Å². The third kappa shape index (κ3) is 8.06. The van der Waals surface area contributed by atoms with E-state index in [-0.39, 0.29) is 24.7 Å². The Bertz CT molecular complexity index is 1440. The molecule has 0 aromatic heterocycles. The minimum absolute atomic E-state index is 0.232. The molecule has 4 aromatic carbocycles. The van der Waals surface area contributed by atoms with Gasteiger partial charge in [0, 0.05) is 31.1 Å². The number of para-hydroxylation sites is 2. The lowest BCUT2D eigenvalue weighted by Gasteiger charge is -2.34. The van der Waals surface area contributed by atoms with Crippen LogP contribution in [0.1, 0.15) is 24.0 Å². The minimum Gasteiger partial charge on any atom is -0.370 e. The largest absolute Gasteiger partial charge is 0.370 e. The zero-order chi connectivity index (χ0) is 29.3. The van der Waals surface area contributed by atoms with E-state index in [1.54, 1.807) is 0 Å². The highest BCUT2D eigenvalue weighted by atomic mass is 127. The molecule has 42 heavy (non-hydrogen) atoms. The Kier molecular flexibility index (Phi) is 10.8. The first kappa shape index (κ1) is 30.4. The van der Waals surface area contributed by atoms with Gasteiger partial charge in [-0.05, 0) is 80.6 Å². The van der Waals surface area contributed by atoms with Gasteiger partial charge in [-0.3, -0.25) is 9.59 Å². The number of halogens is 2. The Morgan fingerprint density at radius 2 is 0.929 bits per heavy atom. The predicted molar refractivity (Wildman–Crippen MR) is 182 cm³/mol. The van der Waals surface area contributed by atoms with Gasteiger partial charge >= 0.3 is 0 Å². The van der Waals surface area contributed by atoms with Gasteiger partial charge in [-0.1, -0.05) is 84.9 Å². The van der Waals surface area contributed by atoms with Crippen molar-refractivity contribution in [2.75, 3.05) is 10.6 Å². The average Bonchev–Trinajstić information content (AvgIpc) is 3.02. The van der Waals surface area contributed by atoms with Gasteiger partial charge in [-0.15, -0.1) is 0 Å². The molecule has 0 bridgehead atoms. The van der Waals surface area contributed by atoms with Crippen molar-refractivity contribution in [3.8, 4) is 0 Å². The quantitative estimate of drug-likeness (QED) is 0.162. The molecule has 0 aliphatic heterocycles. The number of anilines is 2. The molecule has 0 unspecified atom stereocenters. The van der Waals surface area contributed by atoms with E-state index >= 15 is 0 Å². The highest BCUT2D eigenvalue weighted by Crippen LogP contribution is 2.33. The first-order chi connectivity index (χ1) is 20.5. The summed E-state index contributed by atoms with van der Waals surface area (Å²) >= 11 is 4.38. The Morgan fingerprint density at radius 3 is 1.31 bits per heavy atom. The van der Waals surface area contributed by atoms with Crippen LogP contribution in [0.4, 0.5) is 11.4 Å². The molecule has 2 amide bonds. The van der Waals surface area contributed by atoms with Crippen molar-refractivity contribution < 1.29 is 19.1 Å². The van der Waals surface area contributed by atoms with Crippen molar-refractivity contribution in [2.24, 2.45) is 0 Å². The molecule has 0 saturated carbocycles. The highest BCUT2D eigenvalue weighted by molar-refractivity contribution is 14.1. The number of amides is 2. The maximum Gasteiger partial charge on any atom is 0.252 e. The number of ether oxygens (including phenoxy) is 2. The van der Waals surface area contributed by atoms with Gasteiger partial charge in [0.1, 0.15) is 0 Å². The maximum absolute atomic E-state index is 13.8. The second kappa shape index (κ2) is 14.9. The predicted octanol–water partition coefficient (Wildman–Crippen LogP) is 7.73. The van der Waals surface area contributed by atoms with Crippen LogP contribution in [-0.2, 0) is 32.3 Å². The summed E-state index contributed by atoms with van der Waals surface area (Å²) in [5, 5.41) is 6.05. The molecule has 0 spiro atoms. The molecule has 5 rings (SSSR count). The van der Waals surface area contributed by atoms with Crippen molar-refractivity contribution in [1.29, 1.82) is 0 Å². The third-order valence-corrected chi connectivity index (χ3v) is 8.88. The lowest BCUT2D eigenvalue weighted by molar-refractivity contribution is -0.120. The molecule has 1 aliphatic rings. The first-order valence-electron chi connectivity index (χ1n) is 13.6. The molecule has 0 heterocycles. The number of nitrogens with one attached hydrogen (secondary N) is 2. The van der Waals surface area contributed by atoms with Crippen molar-refractivity contribution in [1.82, 2.24) is 0 Å². The monoisotopic (exact) mass is 784 g/mol. The van der Waals surface area contributed by atoms with E-state index in [4.69, 9.17) is 9.47 Å². The van der Waals surface area contributed by atoms with Crippen LogP contribution in [0, 0.1) is 7.14 Å². The van der Waals surface area contributed by atoms with Crippen molar-refractivity contribution in [3.05, 3.63) is 139 Å². The first-order valence-corrected chi connectivity index (χ1v) is 15.8. The van der Waals surface area contributed by atoms with Crippen LogP contribution in [-0.4, -0.2) is 24.0 Å². The summed E-state index contributed by atoms with van der Waals surface area (Å²) in [6.07, 6.45) is -0.400. The van der Waals surface area contributed by atoms with Crippen molar-refractivity contribution in [3.63, 3.8) is 0 Å². The Morgan fingerprint density at radius 1 is 0.571 bits per heavy atom. The minimum atomic E-state index is -0.432. The topological polar surface area (TPSA) is 76.7 Å². The fraction of sp³-hybridized carbons (Fsp3) is 0.176. The van der Waals surface area contributed by atoms with Crippen LogP contribution in [0.2, 0.25) is 0 Å². The number of carbonyl (C=O) groups excluding carboxylic acids is 2. The molecule has 0 radical (unpaired) electrons. The fourth-order valence-corrected chi connectivity index (χ4v) is 5.82. The normalized spacial score (nSPS) is 16.6. The Hall–Kier alpha value is -3.06. The molecular weight excluding hydrogens is 754 g/mol. The molecule has 0 saturated heterocycles. The van der Waals surface area contributed by atoms with Crippen LogP contribution in [0.15, 0.2) is 120 Å². The molecule has 2 N–H and O–H groups in total. The van der Waals surface area contributed by atoms with E-state index in [1.807, 2.05) is 109 Å². The van der Waals surface area contributed by atoms with Gasteiger partial charge in [-0.2, -0.15) is 0 Å². The average molecular weight is 784 g/mol. The lowest BCUT2D eigenvalue weighted by Crippen LogP contribution is -2.40. The van der Waals surface area contributed by atoms with Gasteiger partial charge < -0.3 is 20.1 Å². The van der Waals surface area contributed by atoms with E-state index < -0.39 is 12.2 Å². The molecule has 0 fully saturated rings. The SMILES string of the molecule is O=C(Nc1ccccc1I)C1=C(C(=O)Nc2ccccc2I)C[C@H](OCc2ccccc2)[C@@H](OCc2ccccc2)C1. The second-order valence-electron chi connectivity index (χ2n) is 9.90. The number of rotatable bonds is 10. The summed E-state index contributed by atoms with van der Waals surface area (Å²) in [5.74, 6) is -0.635. The van der Waals surface area contributed by atoms with E-state index in [1.165, 1.54) is 0 Å². The summed E-state index contributed by atoms with van der Waals surface area (Å²) in [7, 11) is 0. The molecular formula is C34H30I2N2O4. The van der Waals surface area contributed by atoms with Gasteiger partial charge in [-0.25, -0.2) is 0 Å². The molecule has 1 aliphatic carbocycles. The number of hydrogen-bond donors (Lipinski definition) is 2. The van der Waals surface area contributed by atoms with Gasteiger partial charge in [0.25, 0.3) is 11.8 Å². The van der Waals surface area contributed by atoms with Gasteiger partial charge in [0.15, 0.2) is 0 Å². The second-order valence-corrected chi connectivity index (χ2v) is 12.2. The van der Waals surface area contributed by atoms with E-state index in [9.17, 15) is 9.59 Å². The molecule has 2 atom stereocenters. The van der Waals surface area contributed by atoms with Crippen LogP contribution in [0.5, 0.6) is 0 Å². The number of carbonyl (C=O) groups is 2. The van der Waals surface area contributed by atoms with Crippen molar-refractivity contribution in [2.45, 2.75) is 38.3 Å². The summed E-state index contributed by atoms with van der Waals surface area (Å²) in [4.78, 5) is 27.6. The number of hydrogen-bond acceptors (Lipinski definition) is 4. The van der Waals surface area contributed by atoms with Gasteiger partial charge in [0.2, 0.25) is 0 Å².